The lowest BCUT2D eigenvalue weighted by Gasteiger charge is -2.22. The molecule has 0 aliphatic carbocycles. The Labute approximate surface area is 208 Å². The molecule has 0 aliphatic heterocycles. The maximum atomic E-state index is 9.20. The van der Waals surface area contributed by atoms with Gasteiger partial charge in [0.05, 0.1) is 23.7 Å². The molecular weight excluding hydrogens is 515 g/mol. The SMILES string of the molecule is CC(C)(C)c1ccccc1.CCC(C)(C)c1ccccc1.O=S(=O)(O)OCl.O=S(=O)(O)OCl. The van der Waals surface area contributed by atoms with E-state index in [9.17, 15) is 16.8 Å². The van der Waals surface area contributed by atoms with Crippen LogP contribution in [-0.2, 0) is 39.1 Å². The van der Waals surface area contributed by atoms with Gasteiger partial charge in [-0.15, -0.1) is 7.47 Å². The first-order valence-corrected chi connectivity index (χ1v) is 12.9. The molecule has 0 spiro atoms. The first-order valence-electron chi connectivity index (χ1n) is 9.56. The van der Waals surface area contributed by atoms with Gasteiger partial charge in [-0.05, 0) is 28.4 Å². The Morgan fingerprint density at radius 3 is 1.15 bits per heavy atom. The minimum Gasteiger partial charge on any atom is -0.263 e. The van der Waals surface area contributed by atoms with Gasteiger partial charge >= 0.3 is 20.8 Å². The molecule has 0 bridgehead atoms. The summed E-state index contributed by atoms with van der Waals surface area (Å²) < 4.78 is 57.6. The summed E-state index contributed by atoms with van der Waals surface area (Å²) in [6, 6.07) is 21.2. The van der Waals surface area contributed by atoms with Crippen molar-refractivity contribution in [1.29, 1.82) is 0 Å². The fraction of sp³-hybridized carbons (Fsp3) is 0.429. The van der Waals surface area contributed by atoms with E-state index in [2.05, 4.69) is 133 Å². The van der Waals surface area contributed by atoms with E-state index in [1.807, 2.05) is 0 Å². The van der Waals surface area contributed by atoms with Crippen LogP contribution in [0, 0.1) is 0 Å². The van der Waals surface area contributed by atoms with Crippen LogP contribution in [0.3, 0.4) is 0 Å². The monoisotopic (exact) mass is 546 g/mol. The van der Waals surface area contributed by atoms with Gasteiger partial charge in [-0.1, -0.05) is 102 Å². The van der Waals surface area contributed by atoms with Gasteiger partial charge in [0.2, 0.25) is 0 Å². The van der Waals surface area contributed by atoms with Gasteiger partial charge in [0, 0.05) is 0 Å². The number of hydrogen-bond acceptors (Lipinski definition) is 6. The average Bonchev–Trinajstić information content (AvgIpc) is 2.75. The van der Waals surface area contributed by atoms with Crippen molar-refractivity contribution in [3.63, 3.8) is 0 Å². The van der Waals surface area contributed by atoms with Crippen LogP contribution >= 0.6 is 23.7 Å². The first-order chi connectivity index (χ1) is 14.9. The van der Waals surface area contributed by atoms with Gasteiger partial charge in [-0.2, -0.15) is 16.8 Å². The molecule has 12 heteroatoms. The third-order valence-corrected chi connectivity index (χ3v) is 5.51. The Morgan fingerprint density at radius 2 is 0.970 bits per heavy atom. The second-order valence-electron chi connectivity index (χ2n) is 8.20. The topological polar surface area (TPSA) is 127 Å². The molecule has 33 heavy (non-hydrogen) atoms. The normalized spacial score (nSPS) is 11.6. The highest BCUT2D eigenvalue weighted by atomic mass is 35.5. The van der Waals surface area contributed by atoms with E-state index < -0.39 is 20.8 Å². The molecule has 0 amide bonds. The van der Waals surface area contributed by atoms with Gasteiger partial charge in [-0.3, -0.25) is 9.11 Å². The molecule has 2 rings (SSSR count). The summed E-state index contributed by atoms with van der Waals surface area (Å²) in [7, 11) is -8.79. The molecule has 0 aliphatic rings. The molecule has 0 saturated heterocycles. The number of benzene rings is 2. The van der Waals surface area contributed by atoms with Gasteiger partial charge < -0.3 is 0 Å². The van der Waals surface area contributed by atoms with Crippen LogP contribution in [0.1, 0.15) is 59.1 Å². The van der Waals surface area contributed by atoms with Crippen molar-refractivity contribution in [2.24, 2.45) is 0 Å². The second-order valence-corrected chi connectivity index (χ2v) is 10.9. The van der Waals surface area contributed by atoms with Crippen LogP contribution in [0.15, 0.2) is 60.7 Å². The molecule has 0 heterocycles. The zero-order valence-electron chi connectivity index (χ0n) is 19.4. The summed E-state index contributed by atoms with van der Waals surface area (Å²) in [5, 5.41) is 0. The predicted molar refractivity (Wildman–Crippen MR) is 132 cm³/mol. The van der Waals surface area contributed by atoms with Gasteiger partial charge in [0.1, 0.15) is 0 Å². The van der Waals surface area contributed by atoms with E-state index in [0.29, 0.717) is 10.8 Å². The van der Waals surface area contributed by atoms with E-state index in [-0.39, 0.29) is 0 Å². The van der Waals surface area contributed by atoms with Crippen LogP contribution in [-0.4, -0.2) is 25.9 Å². The van der Waals surface area contributed by atoms with Crippen LogP contribution in [0.4, 0.5) is 0 Å². The summed E-state index contributed by atoms with van der Waals surface area (Å²) in [6.45, 7) is 13.5. The van der Waals surface area contributed by atoms with Crippen molar-refractivity contribution in [2.45, 2.75) is 58.8 Å². The van der Waals surface area contributed by atoms with Crippen molar-refractivity contribution >= 4 is 44.5 Å². The summed E-state index contributed by atoms with van der Waals surface area (Å²) in [5.41, 5.74) is 3.46. The Kier molecular flexibility index (Phi) is 16.1. The quantitative estimate of drug-likeness (QED) is 0.429. The van der Waals surface area contributed by atoms with Crippen LogP contribution in [0.25, 0.3) is 0 Å². The summed E-state index contributed by atoms with van der Waals surface area (Å²) in [6.07, 6.45) is 1.19. The number of hydrogen-bond donors (Lipinski definition) is 2. The summed E-state index contributed by atoms with van der Waals surface area (Å²) in [5.74, 6) is 0. The Hall–Kier alpha value is -1.24. The highest BCUT2D eigenvalue weighted by Gasteiger charge is 2.16. The van der Waals surface area contributed by atoms with E-state index in [1.54, 1.807) is 0 Å². The van der Waals surface area contributed by atoms with Crippen molar-refractivity contribution in [3.05, 3.63) is 71.8 Å². The van der Waals surface area contributed by atoms with E-state index in [4.69, 9.17) is 9.11 Å². The Balaban J connectivity index is 0. The molecule has 2 N–H and O–H groups in total. The third kappa shape index (κ3) is 19.9. The first kappa shape index (κ1) is 33.9. The maximum absolute atomic E-state index is 9.20. The van der Waals surface area contributed by atoms with E-state index in [1.165, 1.54) is 17.5 Å². The zero-order valence-corrected chi connectivity index (χ0v) is 22.5. The molecule has 0 radical (unpaired) electrons. The fourth-order valence-electron chi connectivity index (χ4n) is 2.03. The molecule has 0 unspecified atom stereocenters. The summed E-state index contributed by atoms with van der Waals surface area (Å²) in [4.78, 5) is 0. The lowest BCUT2D eigenvalue weighted by Crippen LogP contribution is -2.14. The third-order valence-electron chi connectivity index (χ3n) is 4.24. The van der Waals surface area contributed by atoms with Crippen molar-refractivity contribution in [3.8, 4) is 0 Å². The van der Waals surface area contributed by atoms with Crippen molar-refractivity contribution in [2.75, 3.05) is 0 Å². The zero-order chi connectivity index (χ0) is 26.3. The molecule has 190 valence electrons. The predicted octanol–water partition coefficient (Wildman–Crippen LogP) is 6.28. The van der Waals surface area contributed by atoms with Gasteiger partial charge in [-0.25, -0.2) is 0 Å². The summed E-state index contributed by atoms with van der Waals surface area (Å²) >= 11 is 8.28. The van der Waals surface area contributed by atoms with E-state index >= 15 is 0 Å². The minimum atomic E-state index is -4.40. The Morgan fingerprint density at radius 1 is 0.697 bits per heavy atom. The van der Waals surface area contributed by atoms with Crippen LogP contribution in [0.5, 0.6) is 0 Å². The second kappa shape index (κ2) is 15.6. The largest absolute Gasteiger partial charge is 0.413 e. The molecular formula is C21H32Cl2O8S2. The molecule has 2 aromatic rings. The lowest BCUT2D eigenvalue weighted by molar-refractivity contribution is 0.398. The average molecular weight is 548 g/mol. The number of halogens is 2. The number of rotatable bonds is 4. The lowest BCUT2D eigenvalue weighted by atomic mass is 9.82. The van der Waals surface area contributed by atoms with Crippen molar-refractivity contribution in [1.82, 2.24) is 0 Å². The molecule has 0 atom stereocenters. The van der Waals surface area contributed by atoms with E-state index in [0.717, 1.165) is 0 Å². The molecule has 2 aromatic carbocycles. The molecule has 0 aromatic heterocycles. The van der Waals surface area contributed by atoms with Crippen LogP contribution in [0.2, 0.25) is 0 Å². The highest BCUT2D eigenvalue weighted by Crippen LogP contribution is 2.25. The van der Waals surface area contributed by atoms with Gasteiger partial charge in [0.15, 0.2) is 0 Å². The smallest absolute Gasteiger partial charge is 0.263 e. The minimum absolute atomic E-state index is 0.293. The Bertz CT molecular complexity index is 942. The van der Waals surface area contributed by atoms with Crippen molar-refractivity contribution < 1.29 is 33.4 Å². The standard InChI is InChI=1S/C11H16.C10H14.2ClHO4S/c1-4-11(2,3)10-8-6-5-7-9-10;1-10(2,3)9-7-5-4-6-8-9;2*1-5-6(2,3)4/h5-9H,4H2,1-3H3;4-8H,1-3H3;2*(H,2,3,4). The highest BCUT2D eigenvalue weighted by molar-refractivity contribution is 7.81. The fourth-order valence-corrected chi connectivity index (χ4v) is 2.03. The van der Waals surface area contributed by atoms with Gasteiger partial charge in [0.25, 0.3) is 0 Å². The molecule has 8 nitrogen and oxygen atoms in total. The maximum Gasteiger partial charge on any atom is 0.413 e. The van der Waals surface area contributed by atoms with Crippen LogP contribution < -0.4 is 0 Å². The molecule has 0 fully saturated rings. The molecule has 0 saturated carbocycles.